The summed E-state index contributed by atoms with van der Waals surface area (Å²) in [5.74, 6) is -3.62. The maximum atomic E-state index is 13.1. The van der Waals surface area contributed by atoms with Crippen molar-refractivity contribution in [2.45, 2.75) is 114 Å². The molecule has 1 aromatic rings. The van der Waals surface area contributed by atoms with Gasteiger partial charge in [0.05, 0.1) is 0 Å². The smallest absolute Gasteiger partial charge is 0.330 e. The Balaban J connectivity index is 1.58. The maximum absolute atomic E-state index is 13.1. The van der Waals surface area contributed by atoms with E-state index in [-0.39, 0.29) is 12.5 Å². The van der Waals surface area contributed by atoms with Gasteiger partial charge in [-0.1, -0.05) is 13.3 Å². The Morgan fingerprint density at radius 2 is 1.94 bits per heavy atom. The fourth-order valence-corrected chi connectivity index (χ4v) is 5.56. The van der Waals surface area contributed by atoms with E-state index in [9.17, 15) is 39.0 Å². The van der Waals surface area contributed by atoms with E-state index < -0.39 is 95.9 Å². The number of aliphatic hydroxyl groups excluding tert-OH is 2. The predicted octanol–water partition coefficient (Wildman–Crippen LogP) is -2.44. The van der Waals surface area contributed by atoms with Gasteiger partial charge in [-0.2, -0.15) is 0 Å². The highest BCUT2D eigenvalue weighted by Crippen LogP contribution is 2.36. The Morgan fingerprint density at radius 3 is 2.60 bits per heavy atom. The van der Waals surface area contributed by atoms with Crippen LogP contribution < -0.4 is 27.6 Å². The number of aromatic nitrogens is 2. The van der Waals surface area contributed by atoms with E-state index in [2.05, 4.69) is 15.6 Å². The van der Waals surface area contributed by atoms with Crippen LogP contribution in [0, 0.1) is 0 Å². The summed E-state index contributed by atoms with van der Waals surface area (Å²) in [5, 5.41) is 26.5. The lowest BCUT2D eigenvalue weighted by molar-refractivity contribution is -0.241. The van der Waals surface area contributed by atoms with Crippen LogP contribution in [0.15, 0.2) is 33.7 Å². The summed E-state index contributed by atoms with van der Waals surface area (Å²) in [5.41, 5.74) is 4.05. The van der Waals surface area contributed by atoms with Crippen LogP contribution in [0.3, 0.4) is 0 Å². The molecule has 2 fully saturated rings. The Bertz CT molecular complexity index is 1460. The lowest BCUT2D eigenvalue weighted by atomic mass is 10.0. The van der Waals surface area contributed by atoms with Crippen LogP contribution >= 0.6 is 0 Å². The molecule has 0 aliphatic carbocycles. The highest BCUT2D eigenvalue weighted by Gasteiger charge is 2.54. The molecule has 18 nitrogen and oxygen atoms in total. The summed E-state index contributed by atoms with van der Waals surface area (Å²) in [4.78, 5) is 77.6. The quantitative estimate of drug-likeness (QED) is 0.127. The van der Waals surface area contributed by atoms with Crippen LogP contribution in [0.5, 0.6) is 0 Å². The lowest BCUT2D eigenvalue weighted by Gasteiger charge is -2.35. The molecule has 0 radical (unpaired) electrons. The van der Waals surface area contributed by atoms with Gasteiger partial charge in [0.1, 0.15) is 30.5 Å². The minimum atomic E-state index is -1.88. The van der Waals surface area contributed by atoms with E-state index in [1.807, 2.05) is 13.8 Å². The van der Waals surface area contributed by atoms with Gasteiger partial charge in [-0.15, -0.1) is 0 Å². The van der Waals surface area contributed by atoms with Crippen LogP contribution in [0.4, 0.5) is 0 Å². The highest BCUT2D eigenvalue weighted by molar-refractivity contribution is 5.95. The van der Waals surface area contributed by atoms with Crippen molar-refractivity contribution in [1.82, 2.24) is 20.2 Å². The van der Waals surface area contributed by atoms with E-state index >= 15 is 0 Å². The summed E-state index contributed by atoms with van der Waals surface area (Å²) in [6, 6.07) is 0.0629. The molecule has 3 amide bonds. The summed E-state index contributed by atoms with van der Waals surface area (Å²) >= 11 is 0. The van der Waals surface area contributed by atoms with Crippen molar-refractivity contribution in [3.63, 3.8) is 0 Å². The number of hydrogen-bond donors (Lipinski definition) is 6. The number of aliphatic hydroxyl groups is 2. The monoisotopic (exact) mass is 667 g/mol. The first-order valence-electron chi connectivity index (χ1n) is 15.3. The molecule has 47 heavy (non-hydrogen) atoms. The molecular formula is C29H41N5O13. The predicted molar refractivity (Wildman–Crippen MR) is 158 cm³/mol. The number of rotatable bonds is 12. The van der Waals surface area contributed by atoms with Gasteiger partial charge in [0, 0.05) is 31.8 Å². The number of hydrogen-bond acceptors (Lipinski definition) is 13. The molecule has 4 rings (SSSR count). The van der Waals surface area contributed by atoms with Crippen LogP contribution in [0.1, 0.15) is 58.6 Å². The minimum absolute atomic E-state index is 0.0236. The number of ether oxygens (including phenoxy) is 5. The number of H-pyrrole nitrogens is 1. The zero-order valence-corrected chi connectivity index (χ0v) is 26.2. The summed E-state index contributed by atoms with van der Waals surface area (Å²) in [6.07, 6.45) is -7.94. The number of nitrogens with one attached hydrogen (secondary N) is 3. The maximum Gasteiger partial charge on any atom is 0.330 e. The second-order valence-corrected chi connectivity index (χ2v) is 11.6. The molecule has 260 valence electrons. The zero-order valence-electron chi connectivity index (χ0n) is 26.2. The molecule has 0 unspecified atom stereocenters. The number of primary amides is 1. The molecule has 7 N–H and O–H groups in total. The van der Waals surface area contributed by atoms with Gasteiger partial charge in [-0.3, -0.25) is 33.5 Å². The van der Waals surface area contributed by atoms with Gasteiger partial charge in [0.2, 0.25) is 18.1 Å². The van der Waals surface area contributed by atoms with Gasteiger partial charge >= 0.3 is 11.7 Å². The van der Waals surface area contributed by atoms with E-state index in [0.29, 0.717) is 25.7 Å². The summed E-state index contributed by atoms with van der Waals surface area (Å²) < 4.78 is 29.4. The van der Waals surface area contributed by atoms with Gasteiger partial charge in [0.25, 0.3) is 11.5 Å². The SMILES string of the molecule is CCCCC(=O)O[C@@H]1[C@H](OC)[C@@H]([C@@H](O[C@H]2OC(C(=O)N[C@H]3CCC[C@H](C)NC3=O)=C[C@H](O)[C@@H]2O)C(N)=O)O[C@H]1n1ccc(=O)[nH]c1=O. The molecule has 10 atom stereocenters. The Labute approximate surface area is 268 Å². The molecule has 0 bridgehead atoms. The number of nitrogens with zero attached hydrogens (tertiary/aromatic N) is 1. The van der Waals surface area contributed by atoms with Crippen molar-refractivity contribution in [1.29, 1.82) is 0 Å². The van der Waals surface area contributed by atoms with Crippen LogP contribution in [-0.4, -0.2) is 106 Å². The lowest BCUT2D eigenvalue weighted by Crippen LogP contribution is -2.54. The molecule has 0 spiro atoms. The van der Waals surface area contributed by atoms with E-state index in [1.54, 1.807) is 0 Å². The van der Waals surface area contributed by atoms with Crippen molar-refractivity contribution < 1.29 is 53.1 Å². The first-order chi connectivity index (χ1) is 22.3. The van der Waals surface area contributed by atoms with E-state index in [0.717, 1.165) is 29.3 Å². The zero-order chi connectivity index (χ0) is 34.4. The van der Waals surface area contributed by atoms with Gasteiger partial charge in [-0.05, 0) is 38.7 Å². The first kappa shape index (κ1) is 35.7. The number of nitrogens with two attached hydrogens (primary N) is 1. The summed E-state index contributed by atoms with van der Waals surface area (Å²) in [7, 11) is 1.22. The topological polar surface area (TPSA) is 260 Å². The number of esters is 1. The standard InChI is InChI=1S/C29H41N5O13/c1-4-5-9-18(37)45-23-20(43-3)21(46-27(23)34-11-10-17(36)33-29(34)42)22(24(30)39)47-28-19(38)15(35)12-16(44-28)26(41)32-14-8-6-7-13(2)31-25(14)40/h10-15,19-23,27-28,35,38H,4-9H2,1-3H3,(H2,30,39)(H,31,40)(H,32,41)(H,33,36,42)/t13-,14-,15-,19-,20+,21-,22+,23+,27+,28+/m0/s1. The van der Waals surface area contributed by atoms with Crippen molar-refractivity contribution in [3.8, 4) is 0 Å². The van der Waals surface area contributed by atoms with Gasteiger partial charge in [-0.25, -0.2) is 4.79 Å². The van der Waals surface area contributed by atoms with Crippen LogP contribution in [0.25, 0.3) is 0 Å². The van der Waals surface area contributed by atoms with E-state index in [4.69, 9.17) is 29.4 Å². The molecule has 3 aliphatic rings. The van der Waals surface area contributed by atoms with Crippen molar-refractivity contribution in [2.75, 3.05) is 7.11 Å². The molecule has 3 aliphatic heterocycles. The first-order valence-corrected chi connectivity index (χ1v) is 15.3. The average Bonchev–Trinajstić information content (AvgIpc) is 3.27. The minimum Gasteiger partial charge on any atom is -0.456 e. The number of amides is 3. The molecule has 1 aromatic heterocycles. The molecule has 4 heterocycles. The van der Waals surface area contributed by atoms with Crippen molar-refractivity contribution in [2.24, 2.45) is 5.73 Å². The molecule has 18 heteroatoms. The molecule has 0 aromatic carbocycles. The third-order valence-corrected chi connectivity index (χ3v) is 8.04. The highest BCUT2D eigenvalue weighted by atomic mass is 16.7. The third kappa shape index (κ3) is 8.44. The van der Waals surface area contributed by atoms with Crippen LogP contribution in [0.2, 0.25) is 0 Å². The average molecular weight is 668 g/mol. The second-order valence-electron chi connectivity index (χ2n) is 11.6. The van der Waals surface area contributed by atoms with Gasteiger partial charge in [0.15, 0.2) is 24.2 Å². The largest absolute Gasteiger partial charge is 0.456 e. The molecule has 2 saturated heterocycles. The van der Waals surface area contributed by atoms with Crippen molar-refractivity contribution in [3.05, 3.63) is 44.9 Å². The summed E-state index contributed by atoms with van der Waals surface area (Å²) in [6.45, 7) is 3.71. The normalized spacial score (nSPS) is 31.5. The van der Waals surface area contributed by atoms with E-state index in [1.165, 1.54) is 7.11 Å². The number of carbonyl (C=O) groups is 4. The number of methoxy groups -OCH3 is 1. The van der Waals surface area contributed by atoms with Gasteiger partial charge < -0.3 is 50.3 Å². The Morgan fingerprint density at radius 1 is 1.19 bits per heavy atom. The third-order valence-electron chi connectivity index (χ3n) is 8.04. The second kappa shape index (κ2) is 15.7. The Kier molecular flexibility index (Phi) is 11.9. The molecular weight excluding hydrogens is 626 g/mol. The number of aromatic amines is 1. The number of carbonyl (C=O) groups excluding carboxylic acids is 4. The number of unbranched alkanes of at least 4 members (excludes halogenated alkanes) is 1. The fraction of sp³-hybridized carbons (Fsp3) is 0.655. The molecule has 0 saturated carbocycles. The van der Waals surface area contributed by atoms with Crippen LogP contribution in [-0.2, 0) is 42.9 Å². The van der Waals surface area contributed by atoms with Crippen molar-refractivity contribution >= 4 is 23.7 Å². The fourth-order valence-electron chi connectivity index (χ4n) is 5.56. The Hall–Kier alpha value is -4.10.